The van der Waals surface area contributed by atoms with E-state index in [-0.39, 0.29) is 26.2 Å². The van der Waals surface area contributed by atoms with Gasteiger partial charge in [0, 0.05) is 0 Å². The van der Waals surface area contributed by atoms with Gasteiger partial charge in [0.1, 0.15) is 0 Å². The zero-order chi connectivity index (χ0) is 14.3. The first-order valence-electron chi connectivity index (χ1n) is 2.19. The van der Waals surface area contributed by atoms with Gasteiger partial charge in [-0.15, -0.1) is 0 Å². The molecule has 0 aliphatic rings. The van der Waals surface area contributed by atoms with Crippen molar-refractivity contribution < 1.29 is 46.5 Å². The molecule has 0 unspecified atom stereocenters. The van der Waals surface area contributed by atoms with Crippen LogP contribution < -0.4 is 0 Å². The van der Waals surface area contributed by atoms with Gasteiger partial charge in [0.25, 0.3) is 0 Å². The number of hydrogen-bond donors (Lipinski definition) is 0. The summed E-state index contributed by atoms with van der Waals surface area (Å²) in [6, 6.07) is 0. The fraction of sp³-hybridized carbons (Fsp3) is 0. The number of rotatable bonds is 0. The molecule has 0 N–H and O–H groups in total. The van der Waals surface area contributed by atoms with Crippen LogP contribution in [-0.2, 0) is 26.2 Å². The maximum Gasteiger partial charge on any atom is 4.00 e. The Morgan fingerprint density at radius 3 is 0.412 bits per heavy atom. The Morgan fingerprint density at radius 2 is 0.412 bits per heavy atom. The van der Waals surface area contributed by atoms with Gasteiger partial charge >= 0.3 is 26.2 Å². The van der Waals surface area contributed by atoms with E-state index in [9.17, 15) is 0 Å². The van der Waals surface area contributed by atoms with Crippen molar-refractivity contribution in [1.29, 1.82) is 0 Å². The van der Waals surface area contributed by atoms with E-state index < -0.39 is 20.3 Å². The Morgan fingerprint density at radius 1 is 0.412 bits per heavy atom. The molecule has 0 saturated heterocycles. The molecule has 0 radical (unpaired) electrons. The Bertz CT molecular complexity index is 159. The zero-order valence-electron chi connectivity index (χ0n) is 7.19. The molecule has 0 aromatic carbocycles. The molecular formula is N4O12Zr. The topological polar surface area (TPSA) is 265 Å². The molecule has 17 heteroatoms. The van der Waals surface area contributed by atoms with Crippen molar-refractivity contribution in [1.82, 2.24) is 0 Å². The molecule has 0 heterocycles. The van der Waals surface area contributed by atoms with E-state index in [2.05, 4.69) is 0 Å². The minimum atomic E-state index is -1.75. The molecule has 0 saturated carbocycles. The molecule has 0 fully saturated rings. The van der Waals surface area contributed by atoms with Crippen molar-refractivity contribution in [2.24, 2.45) is 0 Å². The quantitative estimate of drug-likeness (QED) is 0.381. The summed E-state index contributed by atoms with van der Waals surface area (Å²) in [6.45, 7) is 0. The van der Waals surface area contributed by atoms with Crippen molar-refractivity contribution in [3.63, 3.8) is 0 Å². The average Bonchev–Trinajstić information content (AvgIpc) is 1.76. The largest absolute Gasteiger partial charge is 4.00 e. The fourth-order valence-electron chi connectivity index (χ4n) is 0. The van der Waals surface area contributed by atoms with Crippen molar-refractivity contribution >= 4 is 0 Å². The van der Waals surface area contributed by atoms with Gasteiger partial charge in [0.2, 0.25) is 0 Å². The van der Waals surface area contributed by atoms with Gasteiger partial charge in [-0.3, -0.25) is 0 Å². The minimum Gasteiger partial charge on any atom is -0.356 e. The van der Waals surface area contributed by atoms with Gasteiger partial charge in [0.15, 0.2) is 0 Å². The Balaban J connectivity index is -0.0000000369. The van der Waals surface area contributed by atoms with Crippen LogP contribution in [0, 0.1) is 61.3 Å². The molecule has 96 valence electrons. The Kier molecular flexibility index (Phi) is 40.5. The van der Waals surface area contributed by atoms with Gasteiger partial charge in [-0.2, -0.15) is 0 Å². The summed E-state index contributed by atoms with van der Waals surface area (Å²) in [5.74, 6) is 0. The van der Waals surface area contributed by atoms with Crippen LogP contribution in [0.15, 0.2) is 0 Å². The van der Waals surface area contributed by atoms with Crippen LogP contribution in [0.2, 0.25) is 0 Å². The average molecular weight is 339 g/mol. The van der Waals surface area contributed by atoms with Gasteiger partial charge < -0.3 is 61.3 Å². The molecule has 17 heavy (non-hydrogen) atoms. The second kappa shape index (κ2) is 23.5. The van der Waals surface area contributed by atoms with Crippen LogP contribution in [0.4, 0.5) is 0 Å². The van der Waals surface area contributed by atoms with Crippen molar-refractivity contribution in [3.05, 3.63) is 61.3 Å². The van der Waals surface area contributed by atoms with Gasteiger partial charge in [-0.05, 0) is 0 Å². The molecule has 16 nitrogen and oxygen atoms in total. The first-order valence-corrected chi connectivity index (χ1v) is 2.19. The van der Waals surface area contributed by atoms with Crippen molar-refractivity contribution in [2.75, 3.05) is 0 Å². The predicted octanol–water partition coefficient (Wildman–Crippen LogP) is -0.959. The molecular weight excluding hydrogens is 339 g/mol. The van der Waals surface area contributed by atoms with E-state index in [4.69, 9.17) is 61.3 Å². The van der Waals surface area contributed by atoms with Crippen molar-refractivity contribution in [2.45, 2.75) is 0 Å². The van der Waals surface area contributed by atoms with E-state index in [1.807, 2.05) is 0 Å². The maximum atomic E-state index is 8.25. The normalized spacial score (nSPS) is 5.65. The van der Waals surface area contributed by atoms with Crippen LogP contribution in [0.25, 0.3) is 0 Å². The maximum absolute atomic E-state index is 8.25. The van der Waals surface area contributed by atoms with Crippen LogP contribution in [0.3, 0.4) is 0 Å². The summed E-state index contributed by atoms with van der Waals surface area (Å²) in [6.07, 6.45) is 0. The first-order chi connectivity index (χ1) is 6.93. The predicted molar refractivity (Wildman–Crippen MR) is 41.4 cm³/mol. The van der Waals surface area contributed by atoms with Gasteiger partial charge in [0.05, 0.1) is 20.3 Å². The molecule has 0 aliphatic heterocycles. The van der Waals surface area contributed by atoms with E-state index in [1.165, 1.54) is 0 Å². The number of nitrogens with zero attached hydrogens (tertiary/aromatic N) is 4. The summed E-state index contributed by atoms with van der Waals surface area (Å²) in [4.78, 5) is 33.0. The Labute approximate surface area is 108 Å². The summed E-state index contributed by atoms with van der Waals surface area (Å²) >= 11 is 0. The van der Waals surface area contributed by atoms with Gasteiger partial charge in [-0.1, -0.05) is 0 Å². The second-order valence-corrected chi connectivity index (χ2v) is 0.894. The molecule has 0 rings (SSSR count). The molecule has 0 bridgehead atoms. The third-order valence-corrected chi connectivity index (χ3v) is 0. The third kappa shape index (κ3) is 348. The van der Waals surface area contributed by atoms with Crippen LogP contribution in [0.1, 0.15) is 0 Å². The van der Waals surface area contributed by atoms with E-state index in [0.717, 1.165) is 0 Å². The summed E-state index contributed by atoms with van der Waals surface area (Å²) in [7, 11) is 0. The van der Waals surface area contributed by atoms with Crippen LogP contribution in [-0.4, -0.2) is 20.3 Å². The van der Waals surface area contributed by atoms with E-state index in [1.54, 1.807) is 0 Å². The van der Waals surface area contributed by atoms with Crippen molar-refractivity contribution in [3.8, 4) is 0 Å². The second-order valence-electron chi connectivity index (χ2n) is 0.894. The van der Waals surface area contributed by atoms with Gasteiger partial charge in [-0.25, -0.2) is 0 Å². The third-order valence-electron chi connectivity index (χ3n) is 0. The minimum absolute atomic E-state index is 0. The van der Waals surface area contributed by atoms with E-state index in [0.29, 0.717) is 0 Å². The molecule has 0 atom stereocenters. The van der Waals surface area contributed by atoms with Crippen LogP contribution in [0.5, 0.6) is 0 Å². The fourth-order valence-corrected chi connectivity index (χ4v) is 0. The zero-order valence-corrected chi connectivity index (χ0v) is 9.65. The standard InChI is InChI=1S/4NO3.Zr/c4*2-1(3)4;/q4*-1;+4. The summed E-state index contributed by atoms with van der Waals surface area (Å²) in [5, 5.41) is 59.0. The summed E-state index contributed by atoms with van der Waals surface area (Å²) < 4.78 is 0. The molecule has 0 aromatic rings. The van der Waals surface area contributed by atoms with E-state index >= 15 is 0 Å². The number of hydrogen-bond acceptors (Lipinski definition) is 12. The van der Waals surface area contributed by atoms with Crippen LogP contribution >= 0.6 is 0 Å². The monoisotopic (exact) mass is 338 g/mol. The SMILES string of the molecule is O=[N+]([O-])[O-].O=[N+]([O-])[O-].O=[N+]([O-])[O-].O=[N+]([O-])[O-].[Zr+4]. The smallest absolute Gasteiger partial charge is 0.356 e. The molecule has 0 aliphatic carbocycles. The molecule has 0 spiro atoms. The first kappa shape index (κ1) is 29.3. The molecule has 0 aromatic heterocycles. The Hall–Kier alpha value is -2.32. The summed E-state index contributed by atoms with van der Waals surface area (Å²) in [5.41, 5.74) is 0. The molecule has 0 amide bonds.